The van der Waals surface area contributed by atoms with Gasteiger partial charge in [0.1, 0.15) is 6.61 Å². The highest BCUT2D eigenvalue weighted by molar-refractivity contribution is 7.92. The predicted molar refractivity (Wildman–Crippen MR) is 77.3 cm³/mol. The van der Waals surface area contributed by atoms with Crippen molar-refractivity contribution < 1.29 is 18.2 Å². The van der Waals surface area contributed by atoms with Crippen LogP contribution in [0, 0.1) is 6.07 Å². The largest absolute Gasteiger partial charge is 0.337 e. The van der Waals surface area contributed by atoms with Gasteiger partial charge in [0, 0.05) is 24.2 Å². The van der Waals surface area contributed by atoms with Gasteiger partial charge in [0.25, 0.3) is 10.0 Å². The second-order valence-electron chi connectivity index (χ2n) is 4.53. The summed E-state index contributed by atoms with van der Waals surface area (Å²) in [5, 5.41) is 0. The van der Waals surface area contributed by atoms with Gasteiger partial charge < -0.3 is 4.89 Å². The molecule has 0 saturated carbocycles. The van der Waals surface area contributed by atoms with Crippen molar-refractivity contribution in [1.82, 2.24) is 0 Å². The molecule has 5 nitrogen and oxygen atoms in total. The van der Waals surface area contributed by atoms with Crippen molar-refractivity contribution in [3.05, 3.63) is 54.1 Å². The van der Waals surface area contributed by atoms with E-state index < -0.39 is 10.0 Å². The van der Waals surface area contributed by atoms with Crippen molar-refractivity contribution >= 4 is 15.7 Å². The molecule has 21 heavy (non-hydrogen) atoms. The molecular formula is C15H14NO4S. The molecule has 0 saturated heterocycles. The average Bonchev–Trinajstić information content (AvgIpc) is 2.96. The van der Waals surface area contributed by atoms with Crippen LogP contribution < -0.4 is 9.19 Å². The summed E-state index contributed by atoms with van der Waals surface area (Å²) in [5.74, 6) is 0.554. The normalized spacial score (nSPS) is 13.6. The van der Waals surface area contributed by atoms with Crippen molar-refractivity contribution in [3.8, 4) is 5.75 Å². The lowest BCUT2D eigenvalue weighted by Gasteiger charge is -2.23. The number of fused-ring (bicyclic) bond motifs is 1. The first-order chi connectivity index (χ1) is 10.1. The molecule has 1 aliphatic heterocycles. The van der Waals surface area contributed by atoms with Crippen LogP contribution >= 0.6 is 0 Å². The number of rotatable bonds is 4. The number of hydrogen-bond acceptors (Lipinski definition) is 4. The third-order valence-corrected chi connectivity index (χ3v) is 5.10. The summed E-state index contributed by atoms with van der Waals surface area (Å²) in [6.07, 6.45) is 0. The van der Waals surface area contributed by atoms with Crippen LogP contribution in [0.25, 0.3) is 0 Å². The van der Waals surface area contributed by atoms with Crippen LogP contribution in [0.1, 0.15) is 12.5 Å². The van der Waals surface area contributed by atoms with Crippen molar-refractivity contribution in [3.63, 3.8) is 0 Å². The van der Waals surface area contributed by atoms with E-state index in [9.17, 15) is 8.42 Å². The first-order valence-electron chi connectivity index (χ1n) is 6.55. The minimum atomic E-state index is -3.64. The van der Waals surface area contributed by atoms with E-state index in [1.807, 2.05) is 6.07 Å². The molecule has 0 bridgehead atoms. The Hall–Kier alpha value is -2.05. The standard InChI is InChI=1S/C15H14NO4S/c1-2-16(21(17,18)14-6-4-3-5-7-14)13-9-8-12-11-19-20-15(12)10-13/h3-6,8-10H,2,11H2,1H3. The number of hydrogen-bond donors (Lipinski definition) is 0. The Morgan fingerprint density at radius 3 is 2.86 bits per heavy atom. The number of benzene rings is 2. The molecule has 0 aliphatic carbocycles. The maximum absolute atomic E-state index is 12.7. The number of anilines is 1. The fraction of sp³-hybridized carbons (Fsp3) is 0.200. The highest BCUT2D eigenvalue weighted by Crippen LogP contribution is 2.32. The second-order valence-corrected chi connectivity index (χ2v) is 6.36. The summed E-state index contributed by atoms with van der Waals surface area (Å²) < 4.78 is 26.7. The van der Waals surface area contributed by atoms with E-state index in [4.69, 9.17) is 9.78 Å². The van der Waals surface area contributed by atoms with Crippen LogP contribution in [-0.2, 0) is 21.5 Å². The van der Waals surface area contributed by atoms with E-state index in [1.165, 1.54) is 10.4 Å². The zero-order chi connectivity index (χ0) is 14.9. The Morgan fingerprint density at radius 1 is 1.29 bits per heavy atom. The summed E-state index contributed by atoms with van der Waals surface area (Å²) >= 11 is 0. The summed E-state index contributed by atoms with van der Waals surface area (Å²) in [6, 6.07) is 14.5. The Morgan fingerprint density at radius 2 is 2.14 bits per heavy atom. The zero-order valence-electron chi connectivity index (χ0n) is 11.4. The molecule has 3 rings (SSSR count). The van der Waals surface area contributed by atoms with E-state index in [0.717, 1.165) is 5.56 Å². The molecule has 1 aliphatic rings. The maximum atomic E-state index is 12.7. The topological polar surface area (TPSA) is 55.8 Å². The number of nitrogens with zero attached hydrogens (tertiary/aromatic N) is 1. The van der Waals surface area contributed by atoms with E-state index in [2.05, 4.69) is 6.07 Å². The molecule has 0 unspecified atom stereocenters. The summed E-state index contributed by atoms with van der Waals surface area (Å²) in [4.78, 5) is 10.0. The lowest BCUT2D eigenvalue weighted by molar-refractivity contribution is -0.194. The van der Waals surface area contributed by atoms with Gasteiger partial charge in [-0.3, -0.25) is 4.31 Å². The van der Waals surface area contributed by atoms with Gasteiger partial charge in [0.15, 0.2) is 5.75 Å². The molecule has 1 heterocycles. The SMILES string of the molecule is CCN(c1ccc2c(c1)OOC2)S(=O)(=O)c1[c]cccc1. The lowest BCUT2D eigenvalue weighted by Crippen LogP contribution is -2.30. The Labute approximate surface area is 123 Å². The van der Waals surface area contributed by atoms with Crippen LogP contribution in [0.15, 0.2) is 47.4 Å². The van der Waals surface area contributed by atoms with Gasteiger partial charge in [0.2, 0.25) is 0 Å². The van der Waals surface area contributed by atoms with Gasteiger partial charge in [0.05, 0.1) is 10.6 Å². The van der Waals surface area contributed by atoms with Crippen molar-refractivity contribution in [1.29, 1.82) is 0 Å². The average molecular weight is 304 g/mol. The highest BCUT2D eigenvalue weighted by Gasteiger charge is 2.25. The molecule has 0 fully saturated rings. The molecule has 1 radical (unpaired) electrons. The smallest absolute Gasteiger partial charge is 0.264 e. The van der Waals surface area contributed by atoms with Gasteiger partial charge in [-0.25, -0.2) is 8.42 Å². The molecule has 0 amide bonds. The van der Waals surface area contributed by atoms with Crippen molar-refractivity contribution in [2.24, 2.45) is 0 Å². The molecule has 2 aromatic rings. The quantitative estimate of drug-likeness (QED) is 0.815. The molecule has 0 spiro atoms. The molecule has 0 atom stereocenters. The molecule has 6 heteroatoms. The van der Waals surface area contributed by atoms with Crippen LogP contribution in [0.3, 0.4) is 0 Å². The van der Waals surface area contributed by atoms with E-state index in [0.29, 0.717) is 24.6 Å². The van der Waals surface area contributed by atoms with E-state index in [-0.39, 0.29) is 4.90 Å². The van der Waals surface area contributed by atoms with Gasteiger partial charge >= 0.3 is 0 Å². The third kappa shape index (κ3) is 2.48. The maximum Gasteiger partial charge on any atom is 0.264 e. The lowest BCUT2D eigenvalue weighted by atomic mass is 10.2. The van der Waals surface area contributed by atoms with Crippen LogP contribution in [-0.4, -0.2) is 15.0 Å². The van der Waals surface area contributed by atoms with Crippen LogP contribution in [0.2, 0.25) is 0 Å². The first-order valence-corrected chi connectivity index (χ1v) is 7.99. The van der Waals surface area contributed by atoms with E-state index in [1.54, 1.807) is 37.3 Å². The van der Waals surface area contributed by atoms with Crippen LogP contribution in [0.5, 0.6) is 5.75 Å². The fourth-order valence-electron chi connectivity index (χ4n) is 2.20. The second kappa shape index (κ2) is 5.38. The molecule has 109 valence electrons. The minimum absolute atomic E-state index is 0.143. The predicted octanol–water partition coefficient (Wildman–Crippen LogP) is 2.53. The molecule has 0 aromatic heterocycles. The molecule has 2 aromatic carbocycles. The summed E-state index contributed by atoms with van der Waals surface area (Å²) in [6.45, 7) is 2.47. The summed E-state index contributed by atoms with van der Waals surface area (Å²) in [5.41, 5.74) is 1.44. The Bertz CT molecular complexity index is 744. The van der Waals surface area contributed by atoms with Crippen molar-refractivity contribution in [2.75, 3.05) is 10.8 Å². The summed E-state index contributed by atoms with van der Waals surface area (Å²) in [7, 11) is -3.64. The van der Waals surface area contributed by atoms with E-state index >= 15 is 0 Å². The first kappa shape index (κ1) is 13.9. The monoisotopic (exact) mass is 304 g/mol. The Balaban J connectivity index is 2.02. The Kier molecular flexibility index (Phi) is 3.57. The van der Waals surface area contributed by atoms with Crippen molar-refractivity contribution in [2.45, 2.75) is 18.4 Å². The molecule has 0 N–H and O–H groups in total. The van der Waals surface area contributed by atoms with Gasteiger partial charge in [-0.15, -0.1) is 0 Å². The third-order valence-electron chi connectivity index (χ3n) is 3.24. The fourth-order valence-corrected chi connectivity index (χ4v) is 3.63. The van der Waals surface area contributed by atoms with Gasteiger partial charge in [-0.05, 0) is 19.1 Å². The van der Waals surface area contributed by atoms with Gasteiger partial charge in [-0.2, -0.15) is 4.89 Å². The highest BCUT2D eigenvalue weighted by atomic mass is 32.2. The van der Waals surface area contributed by atoms with Gasteiger partial charge in [-0.1, -0.05) is 24.3 Å². The zero-order valence-corrected chi connectivity index (χ0v) is 12.3. The minimum Gasteiger partial charge on any atom is -0.337 e. The van der Waals surface area contributed by atoms with Crippen LogP contribution in [0.4, 0.5) is 5.69 Å². The number of sulfonamides is 1. The molecular weight excluding hydrogens is 290 g/mol.